The van der Waals surface area contributed by atoms with E-state index in [2.05, 4.69) is 16.0 Å². The zero-order valence-electron chi connectivity index (χ0n) is 13.0. The minimum absolute atomic E-state index is 0.490. The lowest BCUT2D eigenvalue weighted by Gasteiger charge is -2.11. The van der Waals surface area contributed by atoms with Crippen LogP contribution in [0, 0.1) is 13.8 Å². The van der Waals surface area contributed by atoms with Gasteiger partial charge < -0.3 is 9.47 Å². The van der Waals surface area contributed by atoms with Crippen LogP contribution >= 0.6 is 0 Å². The first kappa shape index (κ1) is 14.3. The van der Waals surface area contributed by atoms with Gasteiger partial charge in [-0.2, -0.15) is 0 Å². The first-order valence-corrected chi connectivity index (χ1v) is 7.16. The Morgan fingerprint density at radius 1 is 1.05 bits per heavy atom. The molecular weight excluding hydrogens is 276 g/mol. The molecule has 3 aromatic rings. The Hall–Kier alpha value is -2.62. The van der Waals surface area contributed by atoms with Crippen molar-refractivity contribution in [2.24, 2.45) is 0 Å². The van der Waals surface area contributed by atoms with Crippen molar-refractivity contribution < 1.29 is 9.47 Å². The molecule has 112 valence electrons. The van der Waals surface area contributed by atoms with Crippen LogP contribution in [-0.4, -0.2) is 17.1 Å². The fourth-order valence-electron chi connectivity index (χ4n) is 2.38. The summed E-state index contributed by atoms with van der Waals surface area (Å²) in [6, 6.07) is 11.7. The molecule has 0 spiro atoms. The third-order valence-corrected chi connectivity index (χ3v) is 3.63. The molecule has 0 saturated carbocycles. The van der Waals surface area contributed by atoms with Gasteiger partial charge in [-0.3, -0.25) is 9.97 Å². The van der Waals surface area contributed by atoms with E-state index in [4.69, 9.17) is 9.47 Å². The Kier molecular flexibility index (Phi) is 3.92. The lowest BCUT2D eigenvalue weighted by atomic mass is 10.2. The number of hydrogen-bond donors (Lipinski definition) is 0. The fraction of sp³-hybridized carbons (Fsp3) is 0.222. The number of rotatable bonds is 4. The lowest BCUT2D eigenvalue weighted by molar-refractivity contribution is 0.308. The smallest absolute Gasteiger partial charge is 0.130 e. The van der Waals surface area contributed by atoms with Crippen molar-refractivity contribution >= 4 is 10.9 Å². The number of aromatic nitrogens is 2. The Balaban J connectivity index is 1.87. The monoisotopic (exact) mass is 294 g/mol. The molecule has 22 heavy (non-hydrogen) atoms. The van der Waals surface area contributed by atoms with E-state index in [9.17, 15) is 0 Å². The topological polar surface area (TPSA) is 44.2 Å². The van der Waals surface area contributed by atoms with Crippen LogP contribution < -0.4 is 9.47 Å². The second-order valence-electron chi connectivity index (χ2n) is 5.18. The minimum atomic E-state index is 0.490. The van der Waals surface area contributed by atoms with Crippen LogP contribution in [0.5, 0.6) is 11.5 Å². The molecule has 2 heterocycles. The number of hydrogen-bond acceptors (Lipinski definition) is 4. The van der Waals surface area contributed by atoms with Gasteiger partial charge in [0.15, 0.2) is 0 Å². The van der Waals surface area contributed by atoms with E-state index < -0.39 is 0 Å². The predicted octanol–water partition coefficient (Wildman–Crippen LogP) is 3.83. The molecule has 0 aliphatic carbocycles. The molecule has 0 unspecified atom stereocenters. The van der Waals surface area contributed by atoms with Gasteiger partial charge >= 0.3 is 0 Å². The maximum atomic E-state index is 5.98. The second-order valence-corrected chi connectivity index (χ2v) is 5.18. The van der Waals surface area contributed by atoms with Gasteiger partial charge in [-0.25, -0.2) is 0 Å². The van der Waals surface area contributed by atoms with Gasteiger partial charge in [0.05, 0.1) is 12.6 Å². The van der Waals surface area contributed by atoms with Gasteiger partial charge in [0.2, 0.25) is 0 Å². The summed E-state index contributed by atoms with van der Waals surface area (Å²) in [7, 11) is 1.65. The molecule has 4 heteroatoms. The van der Waals surface area contributed by atoms with E-state index in [0.717, 1.165) is 39.4 Å². The van der Waals surface area contributed by atoms with Gasteiger partial charge in [-0.15, -0.1) is 0 Å². The molecular formula is C18H18N2O2. The zero-order valence-corrected chi connectivity index (χ0v) is 13.0. The molecule has 0 atom stereocenters. The number of ether oxygens (including phenoxy) is 2. The molecule has 1 aromatic carbocycles. The molecule has 0 aliphatic heterocycles. The summed E-state index contributed by atoms with van der Waals surface area (Å²) in [6.07, 6.45) is 1.75. The quantitative estimate of drug-likeness (QED) is 0.733. The summed E-state index contributed by atoms with van der Waals surface area (Å²) >= 11 is 0. The molecule has 0 fully saturated rings. The molecule has 0 radical (unpaired) electrons. The molecule has 3 rings (SSSR count). The van der Waals surface area contributed by atoms with Gasteiger partial charge in [-0.05, 0) is 38.1 Å². The highest BCUT2D eigenvalue weighted by atomic mass is 16.5. The first-order valence-electron chi connectivity index (χ1n) is 7.16. The standard InChI is InChI=1S/C18H18N2O2/c1-12-4-5-14(13(2)20-12)11-22-18-8-9-19-17-10-15(21-3)6-7-16(17)18/h4-10H,11H2,1-3H3. The largest absolute Gasteiger partial charge is 0.497 e. The van der Waals surface area contributed by atoms with Crippen molar-refractivity contribution in [1.82, 2.24) is 9.97 Å². The van der Waals surface area contributed by atoms with Crippen LogP contribution in [0.15, 0.2) is 42.6 Å². The zero-order chi connectivity index (χ0) is 15.5. The summed E-state index contributed by atoms with van der Waals surface area (Å²) in [5.74, 6) is 1.60. The predicted molar refractivity (Wildman–Crippen MR) is 86.3 cm³/mol. The Morgan fingerprint density at radius 3 is 2.68 bits per heavy atom. The minimum Gasteiger partial charge on any atom is -0.497 e. The first-order chi connectivity index (χ1) is 10.7. The second kappa shape index (κ2) is 6.02. The van der Waals surface area contributed by atoms with E-state index in [0.29, 0.717) is 6.61 Å². The number of methoxy groups -OCH3 is 1. The van der Waals surface area contributed by atoms with Gasteiger partial charge in [0, 0.05) is 34.6 Å². The average molecular weight is 294 g/mol. The molecule has 4 nitrogen and oxygen atoms in total. The van der Waals surface area contributed by atoms with E-state index in [1.54, 1.807) is 13.3 Å². The van der Waals surface area contributed by atoms with Gasteiger partial charge in [0.25, 0.3) is 0 Å². The summed E-state index contributed by atoms with van der Waals surface area (Å²) in [4.78, 5) is 8.82. The van der Waals surface area contributed by atoms with Crippen LogP contribution in [0.4, 0.5) is 0 Å². The van der Waals surface area contributed by atoms with Crippen LogP contribution in [-0.2, 0) is 6.61 Å². The van der Waals surface area contributed by atoms with Gasteiger partial charge in [0.1, 0.15) is 18.1 Å². The van der Waals surface area contributed by atoms with E-state index in [1.807, 2.05) is 44.2 Å². The fourth-order valence-corrected chi connectivity index (χ4v) is 2.38. The Bertz CT molecular complexity index is 815. The SMILES string of the molecule is COc1ccc2c(OCc3ccc(C)nc3C)ccnc2c1. The summed E-state index contributed by atoms with van der Waals surface area (Å²) in [5.41, 5.74) is 3.96. The summed E-state index contributed by atoms with van der Waals surface area (Å²) in [6.45, 7) is 4.48. The lowest BCUT2D eigenvalue weighted by Crippen LogP contribution is -2.01. The number of benzene rings is 1. The van der Waals surface area contributed by atoms with E-state index in [-0.39, 0.29) is 0 Å². The molecule has 0 saturated heterocycles. The highest BCUT2D eigenvalue weighted by molar-refractivity contribution is 5.85. The normalized spacial score (nSPS) is 10.7. The molecule has 0 bridgehead atoms. The third kappa shape index (κ3) is 2.86. The Labute approximate surface area is 129 Å². The Morgan fingerprint density at radius 2 is 1.91 bits per heavy atom. The van der Waals surface area contributed by atoms with Crippen LogP contribution in [0.2, 0.25) is 0 Å². The maximum Gasteiger partial charge on any atom is 0.130 e. The van der Waals surface area contributed by atoms with Gasteiger partial charge in [-0.1, -0.05) is 6.07 Å². The molecule has 0 aliphatic rings. The van der Waals surface area contributed by atoms with Crippen molar-refractivity contribution in [3.8, 4) is 11.5 Å². The van der Waals surface area contributed by atoms with Crippen LogP contribution in [0.25, 0.3) is 10.9 Å². The van der Waals surface area contributed by atoms with Crippen molar-refractivity contribution in [1.29, 1.82) is 0 Å². The summed E-state index contributed by atoms with van der Waals surface area (Å²) in [5, 5.41) is 0.973. The maximum absolute atomic E-state index is 5.98. The van der Waals surface area contributed by atoms with E-state index >= 15 is 0 Å². The average Bonchev–Trinajstić information content (AvgIpc) is 2.53. The van der Waals surface area contributed by atoms with Crippen molar-refractivity contribution in [2.75, 3.05) is 7.11 Å². The van der Waals surface area contributed by atoms with Crippen molar-refractivity contribution in [3.05, 3.63) is 59.5 Å². The molecule has 0 N–H and O–H groups in total. The molecule has 2 aromatic heterocycles. The highest BCUT2D eigenvalue weighted by Crippen LogP contribution is 2.27. The third-order valence-electron chi connectivity index (χ3n) is 3.63. The number of nitrogens with zero attached hydrogens (tertiary/aromatic N) is 2. The highest BCUT2D eigenvalue weighted by Gasteiger charge is 2.06. The number of fused-ring (bicyclic) bond motifs is 1. The molecule has 0 amide bonds. The summed E-state index contributed by atoms with van der Waals surface area (Å²) < 4.78 is 11.2. The van der Waals surface area contributed by atoms with Crippen LogP contribution in [0.1, 0.15) is 17.0 Å². The number of pyridine rings is 2. The van der Waals surface area contributed by atoms with Crippen molar-refractivity contribution in [2.45, 2.75) is 20.5 Å². The van der Waals surface area contributed by atoms with Crippen molar-refractivity contribution in [3.63, 3.8) is 0 Å². The van der Waals surface area contributed by atoms with E-state index in [1.165, 1.54) is 0 Å². The van der Waals surface area contributed by atoms with Crippen LogP contribution in [0.3, 0.4) is 0 Å². The number of aryl methyl sites for hydroxylation is 2.